The summed E-state index contributed by atoms with van der Waals surface area (Å²) in [5, 5.41) is 4.02. The largest absolute Gasteiger partial charge is 0.381 e. The lowest BCUT2D eigenvalue weighted by molar-refractivity contribution is 0.0696. The number of halogens is 1. The summed E-state index contributed by atoms with van der Waals surface area (Å²) in [5.74, 6) is 0.651. The molecular formula is C29H42ClN3O2S. The SMILES string of the molecule is Cc1c(SNC(C)(C)C)ccc(-c2cc(C(=O)NC3CCOCC3)c(C)n2CC2CCCCC2)c1Cl. The number of carbonyl (C=O) groups is 1. The minimum absolute atomic E-state index is 0.000777. The van der Waals surface area contributed by atoms with E-state index in [9.17, 15) is 4.79 Å². The lowest BCUT2D eigenvalue weighted by atomic mass is 9.89. The number of benzene rings is 1. The van der Waals surface area contributed by atoms with Crippen molar-refractivity contribution in [3.63, 3.8) is 0 Å². The first-order valence-corrected chi connectivity index (χ1v) is 14.7. The number of rotatable bonds is 7. The van der Waals surface area contributed by atoms with Crippen molar-refractivity contribution < 1.29 is 9.53 Å². The van der Waals surface area contributed by atoms with Crippen molar-refractivity contribution in [1.82, 2.24) is 14.6 Å². The van der Waals surface area contributed by atoms with E-state index in [1.165, 1.54) is 32.1 Å². The van der Waals surface area contributed by atoms with Gasteiger partial charge >= 0.3 is 0 Å². The molecule has 0 spiro atoms. The second kappa shape index (κ2) is 11.9. The Hall–Kier alpha value is -1.47. The summed E-state index contributed by atoms with van der Waals surface area (Å²) in [4.78, 5) is 14.5. The number of aromatic nitrogens is 1. The number of hydrogen-bond acceptors (Lipinski definition) is 4. The summed E-state index contributed by atoms with van der Waals surface area (Å²) >= 11 is 8.65. The molecule has 4 rings (SSSR count). The average Bonchev–Trinajstić information content (AvgIpc) is 3.16. The molecular weight excluding hydrogens is 490 g/mol. The van der Waals surface area contributed by atoms with E-state index >= 15 is 0 Å². The van der Waals surface area contributed by atoms with Crippen molar-refractivity contribution >= 4 is 29.5 Å². The van der Waals surface area contributed by atoms with Gasteiger partial charge in [0, 0.05) is 47.5 Å². The Morgan fingerprint density at radius 3 is 2.47 bits per heavy atom. The molecule has 5 nitrogen and oxygen atoms in total. The van der Waals surface area contributed by atoms with Gasteiger partial charge in [0.1, 0.15) is 0 Å². The van der Waals surface area contributed by atoms with Crippen LogP contribution in [0.5, 0.6) is 0 Å². The fourth-order valence-corrected chi connectivity index (χ4v) is 6.38. The third-order valence-electron chi connectivity index (χ3n) is 7.41. The molecule has 36 heavy (non-hydrogen) atoms. The van der Waals surface area contributed by atoms with Crippen molar-refractivity contribution in [3.8, 4) is 11.3 Å². The first kappa shape index (κ1) is 27.6. The predicted molar refractivity (Wildman–Crippen MR) is 151 cm³/mol. The summed E-state index contributed by atoms with van der Waals surface area (Å²) in [6, 6.07) is 6.50. The molecule has 1 aliphatic carbocycles. The lowest BCUT2D eigenvalue weighted by Gasteiger charge is -2.25. The maximum absolute atomic E-state index is 13.4. The van der Waals surface area contributed by atoms with Gasteiger partial charge in [0.05, 0.1) is 16.3 Å². The summed E-state index contributed by atoms with van der Waals surface area (Å²) in [7, 11) is 0. The van der Waals surface area contributed by atoms with Crippen LogP contribution in [0.3, 0.4) is 0 Å². The van der Waals surface area contributed by atoms with Crippen LogP contribution in [0, 0.1) is 19.8 Å². The molecule has 2 heterocycles. The van der Waals surface area contributed by atoms with Crippen LogP contribution in [0.4, 0.5) is 0 Å². The standard InChI is InChI=1S/C29H42ClN3O2S/c1-19-26(36-32-29(3,4)5)12-11-23(27(19)30)25-17-24(28(34)31-22-13-15-35-16-14-22)20(2)33(25)18-21-9-7-6-8-10-21/h11-12,17,21-22,32H,6-10,13-16,18H2,1-5H3,(H,31,34). The van der Waals surface area contributed by atoms with E-state index in [0.717, 1.165) is 57.4 Å². The molecule has 1 saturated carbocycles. The fourth-order valence-electron chi connectivity index (χ4n) is 5.25. The third kappa shape index (κ3) is 6.69. The Morgan fingerprint density at radius 2 is 1.81 bits per heavy atom. The molecule has 0 radical (unpaired) electrons. The van der Waals surface area contributed by atoms with Crippen molar-refractivity contribution in [2.24, 2.45) is 5.92 Å². The quantitative estimate of drug-likeness (QED) is 0.368. The average molecular weight is 532 g/mol. The van der Waals surface area contributed by atoms with Crippen LogP contribution in [-0.2, 0) is 11.3 Å². The van der Waals surface area contributed by atoms with E-state index in [2.05, 4.69) is 67.4 Å². The van der Waals surface area contributed by atoms with Crippen LogP contribution in [0.2, 0.25) is 5.02 Å². The molecule has 2 aromatic rings. The highest BCUT2D eigenvalue weighted by Crippen LogP contribution is 2.39. The molecule has 2 aliphatic rings. The van der Waals surface area contributed by atoms with E-state index < -0.39 is 0 Å². The number of hydrogen-bond donors (Lipinski definition) is 2. The van der Waals surface area contributed by atoms with Gasteiger partial charge in [-0.3, -0.25) is 9.52 Å². The topological polar surface area (TPSA) is 55.3 Å². The lowest BCUT2D eigenvalue weighted by Crippen LogP contribution is -2.39. The molecule has 7 heteroatoms. The van der Waals surface area contributed by atoms with Crippen LogP contribution in [0.1, 0.15) is 87.3 Å². The molecule has 0 bridgehead atoms. The summed E-state index contributed by atoms with van der Waals surface area (Å²) in [5.41, 5.74) is 4.89. The van der Waals surface area contributed by atoms with Gasteiger partial charge in [0.2, 0.25) is 0 Å². The van der Waals surface area contributed by atoms with Gasteiger partial charge in [-0.2, -0.15) is 0 Å². The van der Waals surface area contributed by atoms with E-state index in [0.29, 0.717) is 19.1 Å². The Kier molecular flexibility index (Phi) is 9.14. The molecule has 1 aromatic carbocycles. The molecule has 198 valence electrons. The van der Waals surface area contributed by atoms with Gasteiger partial charge in [0.15, 0.2) is 0 Å². The molecule has 2 N–H and O–H groups in total. The van der Waals surface area contributed by atoms with E-state index in [1.807, 2.05) is 0 Å². The van der Waals surface area contributed by atoms with E-state index in [1.54, 1.807) is 11.9 Å². The van der Waals surface area contributed by atoms with Gasteiger partial charge in [-0.1, -0.05) is 36.9 Å². The smallest absolute Gasteiger partial charge is 0.253 e. The zero-order chi connectivity index (χ0) is 25.9. The molecule has 1 aromatic heterocycles. The van der Waals surface area contributed by atoms with Crippen LogP contribution < -0.4 is 10.0 Å². The van der Waals surface area contributed by atoms with Gasteiger partial charge in [0.25, 0.3) is 5.91 Å². The monoisotopic (exact) mass is 531 g/mol. The highest BCUT2D eigenvalue weighted by molar-refractivity contribution is 7.97. The van der Waals surface area contributed by atoms with Gasteiger partial charge < -0.3 is 14.6 Å². The number of nitrogens with zero attached hydrogens (tertiary/aromatic N) is 1. The van der Waals surface area contributed by atoms with E-state index in [4.69, 9.17) is 16.3 Å². The zero-order valence-corrected chi connectivity index (χ0v) is 24.1. The molecule has 1 amide bonds. The maximum Gasteiger partial charge on any atom is 0.253 e. The zero-order valence-electron chi connectivity index (χ0n) is 22.5. The number of carbonyl (C=O) groups excluding carboxylic acids is 1. The predicted octanol–water partition coefficient (Wildman–Crippen LogP) is 7.31. The van der Waals surface area contributed by atoms with Crippen LogP contribution in [-0.4, -0.2) is 35.3 Å². The minimum Gasteiger partial charge on any atom is -0.381 e. The van der Waals surface area contributed by atoms with Gasteiger partial charge in [-0.15, -0.1) is 0 Å². The highest BCUT2D eigenvalue weighted by Gasteiger charge is 2.25. The highest BCUT2D eigenvalue weighted by atomic mass is 35.5. The van der Waals surface area contributed by atoms with Gasteiger partial charge in [-0.05, 0) is 95.9 Å². The van der Waals surface area contributed by atoms with Crippen molar-refractivity contribution in [3.05, 3.63) is 40.0 Å². The Balaban J connectivity index is 1.68. The second-order valence-electron chi connectivity index (χ2n) is 11.5. The van der Waals surface area contributed by atoms with Gasteiger partial charge in [-0.25, -0.2) is 0 Å². The van der Waals surface area contributed by atoms with Crippen LogP contribution in [0.15, 0.2) is 23.1 Å². The first-order chi connectivity index (χ1) is 17.1. The molecule has 1 saturated heterocycles. The van der Waals surface area contributed by atoms with Crippen LogP contribution >= 0.6 is 23.5 Å². The summed E-state index contributed by atoms with van der Waals surface area (Å²) in [6.45, 7) is 13.0. The Labute approximate surface area is 226 Å². The second-order valence-corrected chi connectivity index (χ2v) is 12.7. The van der Waals surface area contributed by atoms with Crippen molar-refractivity contribution in [1.29, 1.82) is 0 Å². The Bertz CT molecular complexity index is 1060. The third-order valence-corrected chi connectivity index (χ3v) is 9.28. The van der Waals surface area contributed by atoms with Crippen molar-refractivity contribution in [2.45, 2.75) is 103 Å². The number of ether oxygens (including phenoxy) is 1. The normalized spacial score (nSPS) is 17.9. The summed E-state index contributed by atoms with van der Waals surface area (Å²) in [6.07, 6.45) is 8.16. The molecule has 0 unspecified atom stereocenters. The molecule has 2 fully saturated rings. The number of amides is 1. The maximum atomic E-state index is 13.4. The first-order valence-electron chi connectivity index (χ1n) is 13.5. The van der Waals surface area contributed by atoms with E-state index in [-0.39, 0.29) is 17.5 Å². The minimum atomic E-state index is 0.000777. The molecule has 0 atom stereocenters. The summed E-state index contributed by atoms with van der Waals surface area (Å²) < 4.78 is 11.3. The molecule has 1 aliphatic heterocycles. The Morgan fingerprint density at radius 1 is 1.11 bits per heavy atom. The fraction of sp³-hybridized carbons (Fsp3) is 0.621. The van der Waals surface area contributed by atoms with Crippen LogP contribution in [0.25, 0.3) is 11.3 Å². The van der Waals surface area contributed by atoms with Crippen molar-refractivity contribution in [2.75, 3.05) is 13.2 Å². The number of nitrogens with one attached hydrogen (secondary N) is 2.